The van der Waals surface area contributed by atoms with Crippen LogP contribution in [0, 0.1) is 5.82 Å². The van der Waals surface area contributed by atoms with E-state index in [-0.39, 0.29) is 28.3 Å². The number of piperidine rings is 1. The molecule has 4 fully saturated rings. The Labute approximate surface area is 258 Å². The molecule has 0 spiro atoms. The fraction of sp³-hybridized carbons (Fsp3) is 0.514. The number of likely N-dealkylation sites (tertiary alicyclic amines) is 1. The van der Waals surface area contributed by atoms with Gasteiger partial charge in [-0.3, -0.25) is 9.88 Å². The third kappa shape index (κ3) is 5.02. The Balaban J connectivity index is 1.33. The van der Waals surface area contributed by atoms with Gasteiger partial charge in [0, 0.05) is 58.3 Å². The van der Waals surface area contributed by atoms with E-state index in [0.29, 0.717) is 27.3 Å². The first-order chi connectivity index (χ1) is 20.7. The van der Waals surface area contributed by atoms with Gasteiger partial charge in [0.1, 0.15) is 22.8 Å². The van der Waals surface area contributed by atoms with Crippen LogP contribution in [-0.4, -0.2) is 61.6 Å². The van der Waals surface area contributed by atoms with Gasteiger partial charge in [-0.1, -0.05) is 31.7 Å². The Hall–Kier alpha value is -3.03. The topological polar surface area (TPSA) is 65.4 Å². The average Bonchev–Trinajstić information content (AvgIpc) is 3.62. The number of hydrogen-bond acceptors (Lipinski definition) is 6. The van der Waals surface area contributed by atoms with Gasteiger partial charge >= 0.3 is 0 Å². The minimum absolute atomic E-state index is 0.00656. The number of benzene rings is 1. The van der Waals surface area contributed by atoms with E-state index in [1.807, 2.05) is 0 Å². The van der Waals surface area contributed by atoms with Gasteiger partial charge in [-0.05, 0) is 101 Å². The largest absolute Gasteiger partial charge is 0.508 e. The first kappa shape index (κ1) is 28.7. The van der Waals surface area contributed by atoms with Gasteiger partial charge in [0.05, 0.1) is 5.69 Å². The zero-order valence-electron chi connectivity index (χ0n) is 25.1. The monoisotopic (exact) mass is 601 g/mol. The molecule has 2 aromatic heterocycles. The number of halogens is 2. The number of rotatable bonds is 8. The van der Waals surface area contributed by atoms with Gasteiger partial charge in [0.2, 0.25) is 0 Å². The molecule has 4 aliphatic rings. The van der Waals surface area contributed by atoms with Crippen LogP contribution < -0.4 is 0 Å². The van der Waals surface area contributed by atoms with Crippen molar-refractivity contribution in [2.45, 2.75) is 88.0 Å². The van der Waals surface area contributed by atoms with Gasteiger partial charge < -0.3 is 10.0 Å². The molecule has 0 radical (unpaired) electrons. The number of aryl methyl sites for hydroxylation is 1. The summed E-state index contributed by atoms with van der Waals surface area (Å²) < 4.78 is 16.8. The summed E-state index contributed by atoms with van der Waals surface area (Å²) in [5, 5.41) is 11.6. The highest BCUT2D eigenvalue weighted by molar-refractivity contribution is 6.32. The molecule has 7 rings (SSSR count). The Morgan fingerprint density at radius 3 is 2.51 bits per heavy atom. The highest BCUT2D eigenvalue weighted by atomic mass is 35.5. The quantitative estimate of drug-likeness (QED) is 0.267. The fourth-order valence-corrected chi connectivity index (χ4v) is 8.45. The summed E-state index contributed by atoms with van der Waals surface area (Å²) in [5.41, 5.74) is 3.73. The number of aromatic hydroxyl groups is 1. The molecule has 1 N–H and O–H groups in total. The summed E-state index contributed by atoms with van der Waals surface area (Å²) in [6.45, 7) is 14.3. The van der Waals surface area contributed by atoms with Crippen molar-refractivity contribution >= 4 is 22.5 Å². The van der Waals surface area contributed by atoms with Crippen molar-refractivity contribution in [3.8, 4) is 17.0 Å². The van der Waals surface area contributed by atoms with E-state index in [4.69, 9.17) is 21.6 Å². The van der Waals surface area contributed by atoms with Crippen molar-refractivity contribution in [2.24, 2.45) is 0 Å². The summed E-state index contributed by atoms with van der Waals surface area (Å²) >= 11 is 6.60. The van der Waals surface area contributed by atoms with Crippen LogP contribution in [-0.2, 0) is 11.8 Å². The number of allylic oxidation sites excluding steroid dienone is 1. The number of phenolic OH excluding ortho intramolecular Hbond substituents is 1. The van der Waals surface area contributed by atoms with Crippen LogP contribution in [0.1, 0.15) is 87.7 Å². The third-order valence-electron chi connectivity index (χ3n) is 10.8. The first-order valence-electron chi connectivity index (χ1n) is 15.9. The van der Waals surface area contributed by atoms with Crippen molar-refractivity contribution in [3.05, 3.63) is 71.2 Å². The standard InChI is InChI=1S/C35H41ClFN5O/c1-4-22(2)41-17-13-34(3,14-18-41)33-26-21-38-31(25-19-24(43)20-27(36)29(25)23-7-8-23)30(37)32(26)39-28(40-33)9-12-35-10-5-15-42(35)16-6-11-35/h4,19-21,23,43H,1-2,5-18H2,3H3. The zero-order valence-corrected chi connectivity index (χ0v) is 25.9. The summed E-state index contributed by atoms with van der Waals surface area (Å²) in [6.07, 6.45) is 13.9. The third-order valence-corrected chi connectivity index (χ3v) is 11.1. The Bertz CT molecular complexity index is 1600. The van der Waals surface area contributed by atoms with Crippen molar-refractivity contribution in [2.75, 3.05) is 26.2 Å². The van der Waals surface area contributed by atoms with Crippen LogP contribution in [0.5, 0.6) is 5.75 Å². The van der Waals surface area contributed by atoms with Gasteiger partial charge in [0.25, 0.3) is 0 Å². The zero-order chi connectivity index (χ0) is 29.9. The molecule has 8 heteroatoms. The fourth-order valence-electron chi connectivity index (χ4n) is 8.08. The van der Waals surface area contributed by atoms with E-state index in [1.165, 1.54) is 38.8 Å². The molecule has 226 valence electrons. The van der Waals surface area contributed by atoms with E-state index in [1.54, 1.807) is 24.4 Å². The van der Waals surface area contributed by atoms with Crippen LogP contribution in [0.3, 0.4) is 0 Å². The van der Waals surface area contributed by atoms with Crippen molar-refractivity contribution in [1.82, 2.24) is 24.8 Å². The molecule has 1 aliphatic carbocycles. The van der Waals surface area contributed by atoms with E-state index >= 15 is 4.39 Å². The maximum Gasteiger partial charge on any atom is 0.175 e. The molecule has 1 aromatic carbocycles. The first-order valence-corrected chi connectivity index (χ1v) is 16.3. The smallest absolute Gasteiger partial charge is 0.175 e. The van der Waals surface area contributed by atoms with Crippen molar-refractivity contribution < 1.29 is 9.50 Å². The average molecular weight is 602 g/mol. The summed E-state index contributed by atoms with van der Waals surface area (Å²) in [5.74, 6) is 0.508. The summed E-state index contributed by atoms with van der Waals surface area (Å²) in [6, 6.07) is 3.14. The van der Waals surface area contributed by atoms with E-state index in [9.17, 15) is 5.11 Å². The second kappa shape index (κ2) is 10.8. The maximum atomic E-state index is 16.8. The number of hydrogen-bond donors (Lipinski definition) is 1. The van der Waals surface area contributed by atoms with E-state index in [2.05, 4.69) is 34.9 Å². The second-order valence-electron chi connectivity index (χ2n) is 13.5. The molecule has 0 bridgehead atoms. The summed E-state index contributed by atoms with van der Waals surface area (Å²) in [4.78, 5) is 19.8. The molecule has 6 nitrogen and oxygen atoms in total. The predicted octanol–water partition coefficient (Wildman–Crippen LogP) is 7.68. The molecule has 0 atom stereocenters. The molecule has 0 amide bonds. The minimum atomic E-state index is -0.464. The van der Waals surface area contributed by atoms with Gasteiger partial charge in [-0.2, -0.15) is 0 Å². The van der Waals surface area contributed by atoms with E-state index in [0.717, 1.165) is 68.6 Å². The lowest BCUT2D eigenvalue weighted by molar-refractivity contribution is 0.181. The molecule has 43 heavy (non-hydrogen) atoms. The molecule has 3 saturated heterocycles. The molecule has 5 heterocycles. The van der Waals surface area contributed by atoms with Crippen LogP contribution in [0.25, 0.3) is 22.2 Å². The van der Waals surface area contributed by atoms with Crippen LogP contribution in [0.15, 0.2) is 43.3 Å². The summed E-state index contributed by atoms with van der Waals surface area (Å²) in [7, 11) is 0. The van der Waals surface area contributed by atoms with Crippen molar-refractivity contribution in [3.63, 3.8) is 0 Å². The molecular formula is C35H41ClFN5O. The highest BCUT2D eigenvalue weighted by Crippen LogP contribution is 2.49. The van der Waals surface area contributed by atoms with Gasteiger partial charge in [0.15, 0.2) is 5.82 Å². The lowest BCUT2D eigenvalue weighted by Gasteiger charge is -2.40. The molecule has 3 aromatic rings. The molecular weight excluding hydrogens is 561 g/mol. The molecule has 1 saturated carbocycles. The predicted molar refractivity (Wildman–Crippen MR) is 170 cm³/mol. The van der Waals surface area contributed by atoms with Crippen LogP contribution >= 0.6 is 11.6 Å². The lowest BCUT2D eigenvalue weighted by atomic mass is 9.76. The SMILES string of the molecule is C=CC(=C)N1CCC(C)(c2nc(CCC34CCCN3CCC4)nc3c(F)c(-c4cc(O)cc(Cl)c4C4CC4)ncc23)CC1. The number of nitrogens with zero attached hydrogens (tertiary/aromatic N) is 5. The normalized spacial score (nSPS) is 21.3. The van der Waals surface area contributed by atoms with Crippen LogP contribution in [0.2, 0.25) is 5.02 Å². The Morgan fingerprint density at radius 1 is 1.12 bits per heavy atom. The maximum absolute atomic E-state index is 16.8. The number of aromatic nitrogens is 3. The Morgan fingerprint density at radius 2 is 1.84 bits per heavy atom. The molecule has 3 aliphatic heterocycles. The highest BCUT2D eigenvalue weighted by Gasteiger charge is 2.44. The Kier molecular flexibility index (Phi) is 7.25. The second-order valence-corrected chi connectivity index (χ2v) is 13.9. The number of fused-ring (bicyclic) bond motifs is 2. The lowest BCUT2D eigenvalue weighted by Crippen LogP contribution is -2.41. The van der Waals surface area contributed by atoms with E-state index < -0.39 is 5.82 Å². The van der Waals surface area contributed by atoms with Gasteiger partial charge in [-0.25, -0.2) is 14.4 Å². The van der Waals surface area contributed by atoms with Crippen LogP contribution in [0.4, 0.5) is 4.39 Å². The number of pyridine rings is 1. The molecule has 0 unspecified atom stereocenters. The van der Waals surface area contributed by atoms with Crippen molar-refractivity contribution in [1.29, 1.82) is 0 Å². The minimum Gasteiger partial charge on any atom is -0.508 e. The van der Waals surface area contributed by atoms with Gasteiger partial charge in [-0.15, -0.1) is 0 Å². The number of phenols is 1.